The summed E-state index contributed by atoms with van der Waals surface area (Å²) in [6.07, 6.45) is 1.15. The van der Waals surface area contributed by atoms with E-state index in [1.54, 1.807) is 25.2 Å². The van der Waals surface area contributed by atoms with Crippen molar-refractivity contribution in [2.75, 3.05) is 19.0 Å². The van der Waals surface area contributed by atoms with E-state index >= 15 is 0 Å². The molecule has 18 heavy (non-hydrogen) atoms. The van der Waals surface area contributed by atoms with Gasteiger partial charge in [0.1, 0.15) is 11.4 Å². The number of hydrogen-bond donors (Lipinski definition) is 1. The molecule has 1 aromatic carbocycles. The first-order chi connectivity index (χ1) is 8.74. The molecule has 94 valence electrons. The Bertz CT molecular complexity index is 546. The fraction of sp³-hybridized carbons (Fsp3) is 0.231. The van der Waals surface area contributed by atoms with Crippen molar-refractivity contribution < 1.29 is 9.13 Å². The van der Waals surface area contributed by atoms with Crippen molar-refractivity contribution in [1.29, 1.82) is 0 Å². The molecule has 0 amide bonds. The maximum Gasteiger partial charge on any atom is 0.223 e. The summed E-state index contributed by atoms with van der Waals surface area (Å²) in [7, 11) is 1.69. The van der Waals surface area contributed by atoms with E-state index in [0.717, 1.165) is 6.20 Å². The summed E-state index contributed by atoms with van der Waals surface area (Å²) in [6.45, 7) is 2.47. The lowest BCUT2D eigenvalue weighted by atomic mass is 10.1. The molecule has 1 aromatic heterocycles. The molecule has 0 fully saturated rings. The maximum atomic E-state index is 13.7. The van der Waals surface area contributed by atoms with Gasteiger partial charge in [0.15, 0.2) is 5.82 Å². The molecule has 4 nitrogen and oxygen atoms in total. The van der Waals surface area contributed by atoms with Crippen LogP contribution < -0.4 is 10.1 Å². The Morgan fingerprint density at radius 1 is 1.39 bits per heavy atom. The number of rotatable bonds is 4. The molecule has 1 N–H and O–H groups in total. The van der Waals surface area contributed by atoms with Crippen molar-refractivity contribution in [1.82, 2.24) is 9.97 Å². The van der Waals surface area contributed by atoms with Crippen LogP contribution in [0.15, 0.2) is 30.5 Å². The third kappa shape index (κ3) is 2.56. The van der Waals surface area contributed by atoms with Crippen LogP contribution in [-0.2, 0) is 0 Å². The van der Waals surface area contributed by atoms with Gasteiger partial charge in [-0.15, -0.1) is 0 Å². The smallest absolute Gasteiger partial charge is 0.223 e. The van der Waals surface area contributed by atoms with E-state index in [1.165, 1.54) is 0 Å². The number of nitrogens with one attached hydrogen (secondary N) is 1. The lowest BCUT2D eigenvalue weighted by Gasteiger charge is -2.07. The summed E-state index contributed by atoms with van der Waals surface area (Å²) in [6, 6.07) is 7.17. The zero-order valence-corrected chi connectivity index (χ0v) is 10.3. The summed E-state index contributed by atoms with van der Waals surface area (Å²) >= 11 is 0. The van der Waals surface area contributed by atoms with Crippen molar-refractivity contribution in [3.05, 3.63) is 36.3 Å². The molecule has 0 spiro atoms. The molecule has 0 saturated heterocycles. The van der Waals surface area contributed by atoms with E-state index in [1.807, 2.05) is 13.0 Å². The van der Waals surface area contributed by atoms with Gasteiger partial charge in [0.2, 0.25) is 5.95 Å². The molecule has 2 aromatic rings. The van der Waals surface area contributed by atoms with Gasteiger partial charge in [-0.2, -0.15) is 0 Å². The van der Waals surface area contributed by atoms with E-state index in [9.17, 15) is 4.39 Å². The van der Waals surface area contributed by atoms with Crippen LogP contribution in [0.5, 0.6) is 5.75 Å². The first kappa shape index (κ1) is 12.3. The zero-order chi connectivity index (χ0) is 13.0. The predicted molar refractivity (Wildman–Crippen MR) is 68.1 cm³/mol. The molecule has 0 unspecified atom stereocenters. The number of aromatic nitrogens is 2. The Hall–Kier alpha value is -2.17. The third-order valence-electron chi connectivity index (χ3n) is 2.39. The van der Waals surface area contributed by atoms with Crippen LogP contribution >= 0.6 is 0 Å². The Labute approximate surface area is 105 Å². The molecule has 0 saturated carbocycles. The van der Waals surface area contributed by atoms with Gasteiger partial charge in [-0.1, -0.05) is 12.1 Å². The first-order valence-corrected chi connectivity index (χ1v) is 5.68. The van der Waals surface area contributed by atoms with Crippen LogP contribution in [-0.4, -0.2) is 23.6 Å². The minimum atomic E-state index is -0.456. The molecule has 0 atom stereocenters. The monoisotopic (exact) mass is 247 g/mol. The maximum absolute atomic E-state index is 13.7. The summed E-state index contributed by atoms with van der Waals surface area (Å²) < 4.78 is 19.1. The Balaban J connectivity index is 2.44. The fourth-order valence-electron chi connectivity index (χ4n) is 1.59. The summed E-state index contributed by atoms with van der Waals surface area (Å²) in [4.78, 5) is 7.92. The van der Waals surface area contributed by atoms with Crippen molar-refractivity contribution in [3.8, 4) is 17.0 Å². The van der Waals surface area contributed by atoms with Crippen LogP contribution in [0.3, 0.4) is 0 Å². The molecule has 0 radical (unpaired) electrons. The standard InChI is InChI=1S/C13H14FN3O/c1-3-18-10-6-4-5-9(7-10)12-11(14)8-16-13(15-2)17-12/h4-8H,3H2,1-2H3,(H,15,16,17). The normalized spacial score (nSPS) is 10.2. The number of halogens is 1. The van der Waals surface area contributed by atoms with Crippen LogP contribution in [0.2, 0.25) is 0 Å². The summed E-state index contributed by atoms with van der Waals surface area (Å²) in [5, 5.41) is 2.78. The van der Waals surface area contributed by atoms with Gasteiger partial charge in [0.05, 0.1) is 12.8 Å². The fourth-order valence-corrected chi connectivity index (χ4v) is 1.59. The average Bonchev–Trinajstić information content (AvgIpc) is 2.40. The van der Waals surface area contributed by atoms with Gasteiger partial charge < -0.3 is 10.1 Å². The number of nitrogens with zero attached hydrogens (tertiary/aromatic N) is 2. The highest BCUT2D eigenvalue weighted by molar-refractivity contribution is 5.62. The largest absolute Gasteiger partial charge is 0.494 e. The lowest BCUT2D eigenvalue weighted by molar-refractivity contribution is 0.340. The second kappa shape index (κ2) is 5.44. The number of benzene rings is 1. The van der Waals surface area contributed by atoms with Crippen LogP contribution in [0.4, 0.5) is 10.3 Å². The molecular formula is C13H14FN3O. The quantitative estimate of drug-likeness (QED) is 0.902. The van der Waals surface area contributed by atoms with Crippen molar-refractivity contribution in [2.24, 2.45) is 0 Å². The van der Waals surface area contributed by atoms with E-state index in [-0.39, 0.29) is 5.69 Å². The third-order valence-corrected chi connectivity index (χ3v) is 2.39. The van der Waals surface area contributed by atoms with Crippen molar-refractivity contribution in [3.63, 3.8) is 0 Å². The van der Waals surface area contributed by atoms with Gasteiger partial charge in [-0.25, -0.2) is 14.4 Å². The highest BCUT2D eigenvalue weighted by Crippen LogP contribution is 2.25. The van der Waals surface area contributed by atoms with Crippen molar-refractivity contribution in [2.45, 2.75) is 6.92 Å². The van der Waals surface area contributed by atoms with Gasteiger partial charge in [-0.3, -0.25) is 0 Å². The van der Waals surface area contributed by atoms with Gasteiger partial charge in [0.25, 0.3) is 0 Å². The first-order valence-electron chi connectivity index (χ1n) is 5.68. The minimum Gasteiger partial charge on any atom is -0.494 e. The van der Waals surface area contributed by atoms with Crippen LogP contribution in [0, 0.1) is 5.82 Å². The van der Waals surface area contributed by atoms with Crippen molar-refractivity contribution >= 4 is 5.95 Å². The lowest BCUT2D eigenvalue weighted by Crippen LogP contribution is -2.00. The number of hydrogen-bond acceptors (Lipinski definition) is 4. The molecule has 0 aliphatic carbocycles. The van der Waals surface area contributed by atoms with E-state index in [2.05, 4.69) is 15.3 Å². The highest BCUT2D eigenvalue weighted by atomic mass is 19.1. The average molecular weight is 247 g/mol. The Morgan fingerprint density at radius 2 is 2.22 bits per heavy atom. The number of ether oxygens (including phenoxy) is 1. The van der Waals surface area contributed by atoms with Crippen LogP contribution in [0.1, 0.15) is 6.92 Å². The molecule has 0 aliphatic rings. The van der Waals surface area contributed by atoms with E-state index in [4.69, 9.17) is 4.74 Å². The van der Waals surface area contributed by atoms with Gasteiger partial charge in [-0.05, 0) is 19.1 Å². The minimum absolute atomic E-state index is 0.260. The molecule has 0 aliphatic heterocycles. The van der Waals surface area contributed by atoms with E-state index in [0.29, 0.717) is 23.9 Å². The van der Waals surface area contributed by atoms with Gasteiger partial charge in [0, 0.05) is 12.6 Å². The van der Waals surface area contributed by atoms with Gasteiger partial charge >= 0.3 is 0 Å². The van der Waals surface area contributed by atoms with Crippen LogP contribution in [0.25, 0.3) is 11.3 Å². The molecule has 5 heteroatoms. The molecule has 2 rings (SSSR count). The topological polar surface area (TPSA) is 47.0 Å². The second-order valence-electron chi connectivity index (χ2n) is 3.60. The molecular weight excluding hydrogens is 233 g/mol. The Kier molecular flexibility index (Phi) is 3.72. The number of anilines is 1. The van der Waals surface area contributed by atoms with E-state index < -0.39 is 5.82 Å². The SMILES string of the molecule is CCOc1cccc(-c2nc(NC)ncc2F)c1. The highest BCUT2D eigenvalue weighted by Gasteiger charge is 2.09. The second-order valence-corrected chi connectivity index (χ2v) is 3.60. The summed E-state index contributed by atoms with van der Waals surface area (Å²) in [5.41, 5.74) is 0.924. The molecule has 1 heterocycles. The molecule has 0 bridgehead atoms. The predicted octanol–water partition coefficient (Wildman–Crippen LogP) is 2.72. The zero-order valence-electron chi connectivity index (χ0n) is 10.3. The Morgan fingerprint density at radius 3 is 2.94 bits per heavy atom. The summed E-state index contributed by atoms with van der Waals surface area (Å²) in [5.74, 6) is 0.620.